The van der Waals surface area contributed by atoms with E-state index in [9.17, 15) is 0 Å². The van der Waals surface area contributed by atoms with Gasteiger partial charge in [-0.2, -0.15) is 0 Å². The van der Waals surface area contributed by atoms with Gasteiger partial charge in [-0.15, -0.1) is 0 Å². The molecule has 0 N–H and O–H groups in total. The van der Waals surface area contributed by atoms with Crippen molar-refractivity contribution in [1.82, 2.24) is 0 Å². The zero-order chi connectivity index (χ0) is 66.2. The first-order valence-corrected chi connectivity index (χ1v) is 34.4. The smallest absolute Gasteiger partial charge is 0.252 e. The van der Waals surface area contributed by atoms with Crippen molar-refractivity contribution in [3.8, 4) is 55.6 Å². The van der Waals surface area contributed by atoms with Gasteiger partial charge in [-0.05, 0) is 98.0 Å². The molecule has 2 aliphatic rings. The van der Waals surface area contributed by atoms with Crippen LogP contribution in [-0.4, -0.2) is 6.71 Å². The lowest BCUT2D eigenvalue weighted by Gasteiger charge is -2.46. The second-order valence-electron chi connectivity index (χ2n) is 29.0. The van der Waals surface area contributed by atoms with Gasteiger partial charge in [0.15, 0.2) is 0 Å². The lowest BCUT2D eigenvalue weighted by atomic mass is 9.33. The lowest BCUT2D eigenvalue weighted by Crippen LogP contribution is -2.61. The molecule has 0 spiro atoms. The highest BCUT2D eigenvalue weighted by atomic mass is 16.3. The highest BCUT2D eigenvalue weighted by Gasteiger charge is 2.47. The van der Waals surface area contributed by atoms with E-state index in [2.05, 4.69) is 336 Å². The summed E-state index contributed by atoms with van der Waals surface area (Å²) in [5, 5.41) is 8.54. The van der Waals surface area contributed by atoms with E-state index in [0.717, 1.165) is 178 Å². The molecular formula is C92H65BN2O4. The minimum absolute atomic E-state index is 0.211. The fourth-order valence-corrected chi connectivity index (χ4v) is 16.5. The molecule has 0 atom stereocenters. The van der Waals surface area contributed by atoms with E-state index in [1.165, 1.54) is 27.5 Å². The number of fused-ring (bicyclic) bond motifs is 16. The van der Waals surface area contributed by atoms with Crippen LogP contribution in [0.1, 0.15) is 52.7 Å². The molecule has 6 heterocycles. The summed E-state index contributed by atoms with van der Waals surface area (Å²) >= 11 is 0. The van der Waals surface area contributed by atoms with Gasteiger partial charge in [0.05, 0.1) is 11.4 Å². The topological polar surface area (TPSA) is 59.0 Å². The van der Waals surface area contributed by atoms with Crippen LogP contribution in [0.3, 0.4) is 0 Å². The molecule has 0 aliphatic carbocycles. The summed E-state index contributed by atoms with van der Waals surface area (Å²) < 4.78 is 28.5. The molecule has 0 fully saturated rings. The Labute approximate surface area is 573 Å². The minimum Gasteiger partial charge on any atom is -0.455 e. The highest BCUT2D eigenvalue weighted by Crippen LogP contribution is 2.57. The Balaban J connectivity index is 0.971. The molecule has 4 aromatic heterocycles. The summed E-state index contributed by atoms with van der Waals surface area (Å²) in [6.07, 6.45) is 0. The van der Waals surface area contributed by atoms with E-state index < -0.39 is 0 Å². The monoisotopic (exact) mass is 1270 g/mol. The van der Waals surface area contributed by atoms with Gasteiger partial charge in [0.1, 0.15) is 44.7 Å². The minimum atomic E-state index is -0.261. The van der Waals surface area contributed by atoms with Crippen LogP contribution in [0.25, 0.3) is 143 Å². The summed E-state index contributed by atoms with van der Waals surface area (Å²) in [4.78, 5) is 5.26. The van der Waals surface area contributed by atoms with Crippen molar-refractivity contribution in [3.05, 3.63) is 296 Å². The molecule has 14 aromatic carbocycles. The molecule has 470 valence electrons. The zero-order valence-electron chi connectivity index (χ0n) is 55.7. The first-order chi connectivity index (χ1) is 48.4. The Morgan fingerprint density at radius 1 is 0.253 bits per heavy atom. The Morgan fingerprint density at radius 2 is 0.545 bits per heavy atom. The molecule has 0 amide bonds. The van der Waals surface area contributed by atoms with E-state index in [1.807, 2.05) is 0 Å². The molecule has 99 heavy (non-hydrogen) atoms. The summed E-state index contributed by atoms with van der Waals surface area (Å²) in [7, 11) is 0. The van der Waals surface area contributed by atoms with Crippen molar-refractivity contribution >= 4 is 145 Å². The second kappa shape index (κ2) is 21.2. The quantitative estimate of drug-likeness (QED) is 0.148. The van der Waals surface area contributed by atoms with Gasteiger partial charge in [-0.1, -0.05) is 278 Å². The lowest BCUT2D eigenvalue weighted by molar-refractivity contribution is 0.590. The number of benzene rings is 14. The molecule has 0 saturated carbocycles. The maximum Gasteiger partial charge on any atom is 0.252 e. The van der Waals surface area contributed by atoms with Gasteiger partial charge in [0.2, 0.25) is 0 Å². The Hall–Kier alpha value is -12.1. The SMILES string of the molecule is CC(C)(C)c1ccc2c(c1)B1c3cc(C(C)(C)C)ccc3N(c3c(-c4cccc5c4oc4ccccc45)cccc3-c3cccc4c3oc3ccccc34)c3cc(-c4ccccc4)cc(c31)N2c1c(-c2cccc3c2oc2ccccc23)cccc1-c1cccc2c1oc1ccccc12. The third kappa shape index (κ3) is 8.56. The average molecular weight is 1270 g/mol. The van der Waals surface area contributed by atoms with E-state index in [4.69, 9.17) is 17.7 Å². The van der Waals surface area contributed by atoms with Crippen LogP contribution < -0.4 is 26.2 Å². The summed E-state index contributed by atoms with van der Waals surface area (Å²) in [6, 6.07) is 105. The van der Waals surface area contributed by atoms with Gasteiger partial charge in [-0.25, -0.2) is 0 Å². The van der Waals surface area contributed by atoms with E-state index >= 15 is 0 Å². The molecule has 0 radical (unpaired) electrons. The number of rotatable bonds is 7. The number of nitrogens with zero attached hydrogens (tertiary/aromatic N) is 2. The zero-order valence-corrected chi connectivity index (χ0v) is 55.7. The molecular weight excluding hydrogens is 1210 g/mol. The predicted molar refractivity (Wildman–Crippen MR) is 414 cm³/mol. The second-order valence-corrected chi connectivity index (χ2v) is 29.0. The third-order valence-corrected chi connectivity index (χ3v) is 21.2. The van der Waals surface area contributed by atoms with Crippen molar-refractivity contribution in [1.29, 1.82) is 0 Å². The van der Waals surface area contributed by atoms with Crippen molar-refractivity contribution in [2.75, 3.05) is 9.80 Å². The molecule has 18 aromatic rings. The van der Waals surface area contributed by atoms with Gasteiger partial charge in [0, 0.05) is 110 Å². The third-order valence-electron chi connectivity index (χ3n) is 21.2. The predicted octanol–water partition coefficient (Wildman–Crippen LogP) is 24.3. The highest BCUT2D eigenvalue weighted by molar-refractivity contribution is 7.00. The molecule has 0 bridgehead atoms. The van der Waals surface area contributed by atoms with Crippen LogP contribution in [0.5, 0.6) is 0 Å². The molecule has 7 heteroatoms. The van der Waals surface area contributed by atoms with E-state index in [-0.39, 0.29) is 17.5 Å². The number of hydrogen-bond donors (Lipinski definition) is 0. The molecule has 20 rings (SSSR count). The number of para-hydroxylation sites is 10. The molecule has 0 unspecified atom stereocenters. The number of furan rings is 4. The standard InChI is InChI=1S/C92H65BN2O4/c1-91(2,3)56-46-48-76-74(52-56)93-75-53-57(92(4,5)6)47-49-77(75)95(86-64(72-40-22-36-68-60-28-12-16-44-82(60)98-89(68)72)32-19-33-65(86)73-41-23-37-69-61-29-13-17-45-83(61)99-90(69)73)79-51-55(54-24-8-7-9-25-54)50-78(84(79)93)94(76)85-62(70-38-20-34-66-58-26-10-14-42-80(58)96-87(66)70)30-18-31-63(85)71-39-21-35-67-59-27-11-15-43-81(59)97-88(67)71/h7-53H,1-6H3. The number of anilines is 6. The van der Waals surface area contributed by atoms with Crippen LogP contribution in [0.15, 0.2) is 303 Å². The van der Waals surface area contributed by atoms with Crippen molar-refractivity contribution in [3.63, 3.8) is 0 Å². The molecule has 6 nitrogen and oxygen atoms in total. The fourth-order valence-electron chi connectivity index (χ4n) is 16.5. The first-order valence-electron chi connectivity index (χ1n) is 34.4. The maximum atomic E-state index is 7.13. The van der Waals surface area contributed by atoms with Crippen LogP contribution in [0, 0.1) is 0 Å². The first kappa shape index (κ1) is 57.2. The van der Waals surface area contributed by atoms with Crippen molar-refractivity contribution < 1.29 is 17.7 Å². The number of hydrogen-bond acceptors (Lipinski definition) is 6. The van der Waals surface area contributed by atoms with E-state index in [1.54, 1.807) is 0 Å². The van der Waals surface area contributed by atoms with Crippen molar-refractivity contribution in [2.45, 2.75) is 52.4 Å². The largest absolute Gasteiger partial charge is 0.455 e. The maximum absolute atomic E-state index is 7.13. The van der Waals surface area contributed by atoms with Crippen LogP contribution >= 0.6 is 0 Å². The van der Waals surface area contributed by atoms with Crippen LogP contribution in [0.2, 0.25) is 0 Å². The Bertz CT molecular complexity index is 5800. The van der Waals surface area contributed by atoms with Gasteiger partial charge in [0.25, 0.3) is 6.71 Å². The van der Waals surface area contributed by atoms with Gasteiger partial charge < -0.3 is 27.5 Å². The van der Waals surface area contributed by atoms with Gasteiger partial charge in [-0.3, -0.25) is 0 Å². The summed E-state index contributed by atoms with van der Waals surface area (Å²) in [5.74, 6) is 0. The Kier molecular flexibility index (Phi) is 12.3. The summed E-state index contributed by atoms with van der Waals surface area (Å²) in [5.41, 5.74) is 28.9. The fraction of sp³-hybridized carbons (Fsp3) is 0.0870. The molecule has 0 saturated heterocycles. The average Bonchev–Trinajstić information content (AvgIpc) is 1.60. The molecule has 2 aliphatic heterocycles. The normalized spacial score (nSPS) is 13.1. The van der Waals surface area contributed by atoms with Gasteiger partial charge >= 0.3 is 0 Å². The Morgan fingerprint density at radius 3 is 0.879 bits per heavy atom. The van der Waals surface area contributed by atoms with Crippen LogP contribution in [0.4, 0.5) is 34.1 Å². The summed E-state index contributed by atoms with van der Waals surface area (Å²) in [6.45, 7) is 13.8. The van der Waals surface area contributed by atoms with E-state index in [0.29, 0.717) is 0 Å². The van der Waals surface area contributed by atoms with Crippen LogP contribution in [-0.2, 0) is 10.8 Å². The van der Waals surface area contributed by atoms with Crippen molar-refractivity contribution in [2.24, 2.45) is 0 Å².